The highest BCUT2D eigenvalue weighted by Gasteiger charge is 2.45. The number of H-pyrrole nitrogens is 1. The molecule has 3 aromatic rings. The number of benzene rings is 1. The van der Waals surface area contributed by atoms with E-state index in [4.69, 9.17) is 9.47 Å². The van der Waals surface area contributed by atoms with Gasteiger partial charge >= 0.3 is 0 Å². The summed E-state index contributed by atoms with van der Waals surface area (Å²) in [5.41, 5.74) is 0.375. The lowest BCUT2D eigenvalue weighted by molar-refractivity contribution is -0.0501. The van der Waals surface area contributed by atoms with E-state index >= 15 is 0 Å². The number of rotatable bonds is 5. The highest BCUT2D eigenvalue weighted by atomic mass is 16.6. The van der Waals surface area contributed by atoms with Gasteiger partial charge in [-0.3, -0.25) is 9.36 Å². The molecule has 0 spiro atoms. The predicted octanol–water partition coefficient (Wildman–Crippen LogP) is -0.517. The summed E-state index contributed by atoms with van der Waals surface area (Å²) in [5, 5.41) is 32.9. The molecule has 5 N–H and O–H groups in total. The van der Waals surface area contributed by atoms with Crippen LogP contribution in [-0.2, 0) is 4.74 Å². The Morgan fingerprint density at radius 2 is 2.04 bits per heavy atom. The van der Waals surface area contributed by atoms with Crippen molar-refractivity contribution in [2.24, 2.45) is 0 Å². The quantitative estimate of drug-likeness (QED) is 0.388. The van der Waals surface area contributed by atoms with Gasteiger partial charge in [0.05, 0.1) is 20.0 Å². The van der Waals surface area contributed by atoms with E-state index in [1.165, 1.54) is 10.9 Å². The number of nitrogens with zero attached hydrogens (tertiary/aromatic N) is 3. The molecule has 4 atom stereocenters. The van der Waals surface area contributed by atoms with Crippen molar-refractivity contribution in [2.45, 2.75) is 24.5 Å². The van der Waals surface area contributed by atoms with Crippen LogP contribution < -0.4 is 15.6 Å². The van der Waals surface area contributed by atoms with Gasteiger partial charge in [-0.2, -0.15) is 0 Å². The van der Waals surface area contributed by atoms with Crippen LogP contribution in [0.15, 0.2) is 35.4 Å². The number of ether oxygens (including phenoxy) is 2. The van der Waals surface area contributed by atoms with Crippen LogP contribution in [0.25, 0.3) is 11.2 Å². The third-order valence-electron chi connectivity index (χ3n) is 4.60. The molecule has 1 saturated heterocycles. The number of nitrogens with one attached hydrogen (secondary N) is 2. The number of aromatic nitrogens is 4. The van der Waals surface area contributed by atoms with E-state index in [0.29, 0.717) is 11.4 Å². The van der Waals surface area contributed by atoms with Crippen molar-refractivity contribution in [1.29, 1.82) is 0 Å². The maximum atomic E-state index is 12.2. The monoisotopic (exact) mass is 389 g/mol. The van der Waals surface area contributed by atoms with Crippen LogP contribution in [0.3, 0.4) is 0 Å². The van der Waals surface area contributed by atoms with Crippen LogP contribution in [0, 0.1) is 0 Å². The van der Waals surface area contributed by atoms with E-state index in [0.717, 1.165) is 0 Å². The molecule has 28 heavy (non-hydrogen) atoms. The molecule has 11 heteroatoms. The standard InChI is InChI=1S/C17H19N5O6/c1-27-9-4-2-8(3-5-9)20-17-21-11-14(18-7-19-15(11)26)22(17)16-13(25)12(24)10(6-23)28-16/h2-5,7,10,12-13,16,23-25H,6H2,1H3,(H,20,21)(H,18,19,26). The third-order valence-corrected chi connectivity index (χ3v) is 4.60. The lowest BCUT2D eigenvalue weighted by Crippen LogP contribution is -2.33. The van der Waals surface area contributed by atoms with Crippen LogP contribution in [0.1, 0.15) is 6.23 Å². The molecule has 1 fully saturated rings. The van der Waals surface area contributed by atoms with Crippen molar-refractivity contribution in [1.82, 2.24) is 19.5 Å². The lowest BCUT2D eigenvalue weighted by atomic mass is 10.1. The number of imidazole rings is 1. The van der Waals surface area contributed by atoms with Crippen molar-refractivity contribution in [3.05, 3.63) is 40.9 Å². The minimum Gasteiger partial charge on any atom is -0.497 e. The smallest absolute Gasteiger partial charge is 0.278 e. The Hall–Kier alpha value is -2.99. The molecule has 1 aromatic carbocycles. The maximum Gasteiger partial charge on any atom is 0.278 e. The zero-order chi connectivity index (χ0) is 19.8. The number of methoxy groups -OCH3 is 1. The first-order valence-electron chi connectivity index (χ1n) is 8.52. The topological polar surface area (TPSA) is 155 Å². The fourth-order valence-electron chi connectivity index (χ4n) is 3.15. The number of fused-ring (bicyclic) bond motifs is 1. The largest absolute Gasteiger partial charge is 0.497 e. The summed E-state index contributed by atoms with van der Waals surface area (Å²) < 4.78 is 12.1. The highest BCUT2D eigenvalue weighted by molar-refractivity contribution is 5.75. The van der Waals surface area contributed by atoms with E-state index in [1.54, 1.807) is 31.4 Å². The molecule has 4 unspecified atom stereocenters. The minimum atomic E-state index is -1.35. The summed E-state index contributed by atoms with van der Waals surface area (Å²) >= 11 is 0. The number of anilines is 2. The molecule has 0 radical (unpaired) electrons. The summed E-state index contributed by atoms with van der Waals surface area (Å²) in [7, 11) is 1.56. The molecular weight excluding hydrogens is 370 g/mol. The van der Waals surface area contributed by atoms with Gasteiger partial charge < -0.3 is 35.1 Å². The molecular formula is C17H19N5O6. The number of hydrogen-bond acceptors (Lipinski definition) is 9. The number of aromatic amines is 1. The molecule has 4 rings (SSSR count). The second-order valence-corrected chi connectivity index (χ2v) is 6.29. The zero-order valence-corrected chi connectivity index (χ0v) is 14.8. The molecule has 1 aliphatic heterocycles. The zero-order valence-electron chi connectivity index (χ0n) is 14.8. The van der Waals surface area contributed by atoms with Crippen LogP contribution in [0.4, 0.5) is 11.6 Å². The molecule has 0 saturated carbocycles. The SMILES string of the molecule is COc1ccc(Nc2nc3c(=O)[nH]cnc3n2C2OC(CO)C(O)C2O)cc1. The first-order valence-corrected chi connectivity index (χ1v) is 8.52. The van der Waals surface area contributed by atoms with Gasteiger partial charge in [-0.15, -0.1) is 0 Å². The molecule has 0 aliphatic carbocycles. The highest BCUT2D eigenvalue weighted by Crippen LogP contribution is 2.34. The second-order valence-electron chi connectivity index (χ2n) is 6.29. The van der Waals surface area contributed by atoms with Crippen molar-refractivity contribution < 1.29 is 24.8 Å². The van der Waals surface area contributed by atoms with E-state index in [2.05, 4.69) is 20.3 Å². The van der Waals surface area contributed by atoms with Crippen LogP contribution in [0.2, 0.25) is 0 Å². The van der Waals surface area contributed by atoms with Crippen LogP contribution in [0.5, 0.6) is 5.75 Å². The molecule has 11 nitrogen and oxygen atoms in total. The Balaban J connectivity index is 1.80. The van der Waals surface area contributed by atoms with Crippen molar-refractivity contribution in [2.75, 3.05) is 19.0 Å². The molecule has 1 aliphatic rings. The number of aliphatic hydroxyl groups excluding tert-OH is 3. The Labute approximate surface area is 158 Å². The molecule has 0 amide bonds. The predicted molar refractivity (Wildman–Crippen MR) is 97.4 cm³/mol. The van der Waals surface area contributed by atoms with E-state index < -0.39 is 36.7 Å². The van der Waals surface area contributed by atoms with E-state index in [9.17, 15) is 20.1 Å². The van der Waals surface area contributed by atoms with Gasteiger partial charge in [0.1, 0.15) is 24.1 Å². The normalized spacial score (nSPS) is 24.6. The van der Waals surface area contributed by atoms with Gasteiger partial charge in [0.25, 0.3) is 5.56 Å². The Kier molecular flexibility index (Phi) is 4.73. The molecule has 2 aromatic heterocycles. The second kappa shape index (κ2) is 7.20. The Morgan fingerprint density at radius 1 is 1.29 bits per heavy atom. The summed E-state index contributed by atoms with van der Waals surface area (Å²) in [5.74, 6) is 0.847. The fourth-order valence-corrected chi connectivity index (χ4v) is 3.15. The number of hydrogen-bond donors (Lipinski definition) is 5. The van der Waals surface area contributed by atoms with Gasteiger partial charge in [-0.1, -0.05) is 0 Å². The first kappa shape index (κ1) is 18.4. The average molecular weight is 389 g/mol. The summed E-state index contributed by atoms with van der Waals surface area (Å²) in [6.07, 6.45) is -3.53. The van der Waals surface area contributed by atoms with Crippen molar-refractivity contribution >= 4 is 22.8 Å². The van der Waals surface area contributed by atoms with Crippen LogP contribution in [-0.4, -0.2) is 66.9 Å². The minimum absolute atomic E-state index is 0.0382. The van der Waals surface area contributed by atoms with E-state index in [-0.39, 0.29) is 17.1 Å². The van der Waals surface area contributed by atoms with Gasteiger partial charge in [-0.25, -0.2) is 9.97 Å². The van der Waals surface area contributed by atoms with Crippen LogP contribution >= 0.6 is 0 Å². The number of aliphatic hydroxyl groups is 3. The summed E-state index contributed by atoms with van der Waals surface area (Å²) in [4.78, 5) is 23.0. The average Bonchev–Trinajstić information content (AvgIpc) is 3.21. The van der Waals surface area contributed by atoms with Gasteiger partial charge in [0.15, 0.2) is 17.4 Å². The summed E-state index contributed by atoms with van der Waals surface area (Å²) in [6, 6.07) is 6.98. The Bertz CT molecular complexity index is 1030. The Morgan fingerprint density at radius 3 is 2.68 bits per heavy atom. The lowest BCUT2D eigenvalue weighted by Gasteiger charge is -2.19. The maximum absolute atomic E-state index is 12.2. The molecule has 3 heterocycles. The van der Waals surface area contributed by atoms with Gasteiger partial charge in [0.2, 0.25) is 5.95 Å². The summed E-state index contributed by atoms with van der Waals surface area (Å²) in [6.45, 7) is -0.476. The van der Waals surface area contributed by atoms with Crippen molar-refractivity contribution in [3.8, 4) is 5.75 Å². The first-order chi connectivity index (χ1) is 13.5. The fraction of sp³-hybridized carbons (Fsp3) is 0.353. The third kappa shape index (κ3) is 2.99. The van der Waals surface area contributed by atoms with E-state index in [1.807, 2.05) is 0 Å². The van der Waals surface area contributed by atoms with Gasteiger partial charge in [0, 0.05) is 5.69 Å². The van der Waals surface area contributed by atoms with Crippen molar-refractivity contribution in [3.63, 3.8) is 0 Å². The molecule has 0 bridgehead atoms. The molecule has 148 valence electrons. The van der Waals surface area contributed by atoms with Gasteiger partial charge in [-0.05, 0) is 24.3 Å².